The first-order chi connectivity index (χ1) is 8.97. The number of aliphatic carboxylic acids is 1. The summed E-state index contributed by atoms with van der Waals surface area (Å²) in [5.74, 6) is -1.04. The molecule has 0 fully saturated rings. The molecule has 0 saturated carbocycles. The summed E-state index contributed by atoms with van der Waals surface area (Å²) >= 11 is 0.901. The van der Waals surface area contributed by atoms with Gasteiger partial charge in [0, 0.05) is 17.3 Å². The van der Waals surface area contributed by atoms with Crippen molar-refractivity contribution in [2.45, 2.75) is 10.6 Å². The second-order valence-corrected chi connectivity index (χ2v) is 6.55. The summed E-state index contributed by atoms with van der Waals surface area (Å²) in [6.07, 6.45) is 2.62. The Labute approximate surface area is 113 Å². The maximum Gasteiger partial charge on any atom is 0.308 e. The van der Waals surface area contributed by atoms with Crippen LogP contribution in [0.15, 0.2) is 34.8 Å². The molecule has 19 heavy (non-hydrogen) atoms. The number of sulfonamides is 1. The number of nitrogens with one attached hydrogen (secondary N) is 1. The minimum atomic E-state index is -3.78. The van der Waals surface area contributed by atoms with Crippen LogP contribution >= 0.6 is 11.3 Å². The summed E-state index contributed by atoms with van der Waals surface area (Å²) in [6, 6.07) is 4.39. The van der Waals surface area contributed by atoms with E-state index in [2.05, 4.69) is 14.7 Å². The third kappa shape index (κ3) is 3.48. The number of carbonyl (C=O) groups is 1. The van der Waals surface area contributed by atoms with Crippen molar-refractivity contribution in [1.82, 2.24) is 9.97 Å². The fourth-order valence-electron chi connectivity index (χ4n) is 1.27. The summed E-state index contributed by atoms with van der Waals surface area (Å²) < 4.78 is 26.2. The van der Waals surface area contributed by atoms with E-state index in [9.17, 15) is 13.2 Å². The summed E-state index contributed by atoms with van der Waals surface area (Å²) in [5, 5.41) is 8.64. The van der Waals surface area contributed by atoms with Crippen molar-refractivity contribution >= 4 is 33.3 Å². The number of nitrogens with zero attached hydrogens (tertiary/aromatic N) is 2. The lowest BCUT2D eigenvalue weighted by Gasteiger charge is -2.03. The largest absolute Gasteiger partial charge is 0.481 e. The molecule has 2 heterocycles. The van der Waals surface area contributed by atoms with Gasteiger partial charge in [-0.3, -0.25) is 4.79 Å². The quantitative estimate of drug-likeness (QED) is 0.851. The van der Waals surface area contributed by atoms with E-state index in [-0.39, 0.29) is 16.6 Å². The normalized spacial score (nSPS) is 11.2. The molecule has 2 N–H and O–H groups in total. The first kappa shape index (κ1) is 13.4. The van der Waals surface area contributed by atoms with E-state index in [0.29, 0.717) is 4.88 Å². The minimum absolute atomic E-state index is 0.0243. The molecule has 9 heteroatoms. The van der Waals surface area contributed by atoms with E-state index >= 15 is 0 Å². The smallest absolute Gasteiger partial charge is 0.308 e. The van der Waals surface area contributed by atoms with Crippen molar-refractivity contribution in [1.29, 1.82) is 0 Å². The van der Waals surface area contributed by atoms with E-state index in [1.165, 1.54) is 24.5 Å². The van der Waals surface area contributed by atoms with Gasteiger partial charge in [-0.25, -0.2) is 23.1 Å². The number of carboxylic acid groups (broad SMARTS) is 1. The third-order valence-electron chi connectivity index (χ3n) is 2.02. The zero-order valence-corrected chi connectivity index (χ0v) is 11.1. The second kappa shape index (κ2) is 5.33. The molecule has 0 unspecified atom stereocenters. The van der Waals surface area contributed by atoms with Crippen molar-refractivity contribution < 1.29 is 18.3 Å². The number of carboxylic acids is 1. The molecule has 0 aliphatic heterocycles. The zero-order valence-electron chi connectivity index (χ0n) is 9.48. The lowest BCUT2D eigenvalue weighted by atomic mass is 10.3. The molecule has 7 nitrogen and oxygen atoms in total. The van der Waals surface area contributed by atoms with Gasteiger partial charge in [-0.15, -0.1) is 11.3 Å². The van der Waals surface area contributed by atoms with Gasteiger partial charge in [0.15, 0.2) is 0 Å². The van der Waals surface area contributed by atoms with Crippen LogP contribution in [-0.2, 0) is 21.2 Å². The molecule has 0 bridgehead atoms. The van der Waals surface area contributed by atoms with Crippen LogP contribution in [0, 0.1) is 0 Å². The third-order valence-corrected chi connectivity index (χ3v) is 4.92. The molecule has 0 spiro atoms. The molecule has 2 aromatic heterocycles. The van der Waals surface area contributed by atoms with E-state index in [1.54, 1.807) is 6.07 Å². The predicted octanol–water partition coefficient (Wildman–Crippen LogP) is 0.966. The Morgan fingerprint density at radius 3 is 2.63 bits per heavy atom. The maximum atomic E-state index is 12.0. The molecule has 0 aliphatic rings. The van der Waals surface area contributed by atoms with Gasteiger partial charge in [0.05, 0.1) is 6.42 Å². The first-order valence-electron chi connectivity index (χ1n) is 5.08. The maximum absolute atomic E-state index is 12.0. The molecule has 0 aliphatic carbocycles. The SMILES string of the molecule is O=C(O)Cc1ccc(S(=O)(=O)Nc2ncccn2)s1. The van der Waals surface area contributed by atoms with Gasteiger partial charge in [-0.2, -0.15) is 0 Å². The van der Waals surface area contributed by atoms with Crippen LogP contribution in [0.1, 0.15) is 4.88 Å². The van der Waals surface area contributed by atoms with Gasteiger partial charge in [0.2, 0.25) is 5.95 Å². The van der Waals surface area contributed by atoms with Gasteiger partial charge >= 0.3 is 5.97 Å². The standard InChI is InChI=1S/C10H9N3O4S2/c14-8(15)6-7-2-3-9(18-7)19(16,17)13-10-11-4-1-5-12-10/h1-5H,6H2,(H,14,15)(H,11,12,13). The zero-order chi connectivity index (χ0) is 13.9. The molecular weight excluding hydrogens is 290 g/mol. The second-order valence-electron chi connectivity index (χ2n) is 3.47. The topological polar surface area (TPSA) is 109 Å². The number of thiophene rings is 1. The highest BCUT2D eigenvalue weighted by molar-refractivity contribution is 7.94. The van der Waals surface area contributed by atoms with E-state index in [4.69, 9.17) is 5.11 Å². The van der Waals surface area contributed by atoms with Gasteiger partial charge in [-0.05, 0) is 18.2 Å². The lowest BCUT2D eigenvalue weighted by Crippen LogP contribution is -2.13. The van der Waals surface area contributed by atoms with Crippen LogP contribution in [0.3, 0.4) is 0 Å². The van der Waals surface area contributed by atoms with Crippen molar-refractivity contribution in [3.8, 4) is 0 Å². The molecule has 100 valence electrons. The molecule has 2 aromatic rings. The van der Waals surface area contributed by atoms with Crippen molar-refractivity contribution in [3.05, 3.63) is 35.5 Å². The molecule has 0 atom stereocenters. The average molecular weight is 299 g/mol. The molecule has 0 amide bonds. The van der Waals surface area contributed by atoms with Crippen LogP contribution < -0.4 is 4.72 Å². The highest BCUT2D eigenvalue weighted by Crippen LogP contribution is 2.23. The van der Waals surface area contributed by atoms with Crippen molar-refractivity contribution in [2.24, 2.45) is 0 Å². The Kier molecular flexibility index (Phi) is 3.76. The van der Waals surface area contributed by atoms with Crippen LogP contribution in [0.2, 0.25) is 0 Å². The average Bonchev–Trinajstić information content (AvgIpc) is 2.78. The van der Waals surface area contributed by atoms with Crippen LogP contribution in [0.5, 0.6) is 0 Å². The van der Waals surface area contributed by atoms with E-state index in [1.807, 2.05) is 0 Å². The van der Waals surface area contributed by atoms with Crippen LogP contribution in [-0.4, -0.2) is 29.5 Å². The minimum Gasteiger partial charge on any atom is -0.481 e. The molecular formula is C10H9N3O4S2. The number of hydrogen-bond donors (Lipinski definition) is 2. The Morgan fingerprint density at radius 2 is 2.00 bits per heavy atom. The number of hydrogen-bond acceptors (Lipinski definition) is 6. The van der Waals surface area contributed by atoms with E-state index < -0.39 is 16.0 Å². The fourth-order valence-corrected chi connectivity index (χ4v) is 3.57. The van der Waals surface area contributed by atoms with Crippen molar-refractivity contribution in [2.75, 3.05) is 4.72 Å². The summed E-state index contributed by atoms with van der Waals surface area (Å²) in [6.45, 7) is 0. The first-order valence-corrected chi connectivity index (χ1v) is 7.38. The number of aromatic nitrogens is 2. The van der Waals surface area contributed by atoms with E-state index in [0.717, 1.165) is 11.3 Å². The predicted molar refractivity (Wildman–Crippen MR) is 68.5 cm³/mol. The highest BCUT2D eigenvalue weighted by atomic mass is 32.2. The number of anilines is 1. The van der Waals surface area contributed by atoms with Crippen LogP contribution in [0.4, 0.5) is 5.95 Å². The molecule has 0 aromatic carbocycles. The Hall–Kier alpha value is -2.00. The lowest BCUT2D eigenvalue weighted by molar-refractivity contribution is -0.136. The Bertz CT molecular complexity index is 682. The van der Waals surface area contributed by atoms with Crippen molar-refractivity contribution in [3.63, 3.8) is 0 Å². The highest BCUT2D eigenvalue weighted by Gasteiger charge is 2.18. The fraction of sp³-hybridized carbons (Fsp3) is 0.100. The van der Waals surface area contributed by atoms with Gasteiger partial charge in [0.1, 0.15) is 4.21 Å². The van der Waals surface area contributed by atoms with Crippen LogP contribution in [0.25, 0.3) is 0 Å². The monoisotopic (exact) mass is 299 g/mol. The van der Waals surface area contributed by atoms with Gasteiger partial charge < -0.3 is 5.11 Å². The molecule has 0 saturated heterocycles. The number of rotatable bonds is 5. The Morgan fingerprint density at radius 1 is 1.32 bits per heavy atom. The Balaban J connectivity index is 2.20. The van der Waals surface area contributed by atoms with Gasteiger partial charge in [-0.1, -0.05) is 0 Å². The summed E-state index contributed by atoms with van der Waals surface area (Å²) in [4.78, 5) is 18.5. The molecule has 2 rings (SSSR count). The summed E-state index contributed by atoms with van der Waals surface area (Å²) in [5.41, 5.74) is 0. The molecule has 0 radical (unpaired) electrons. The summed E-state index contributed by atoms with van der Waals surface area (Å²) in [7, 11) is -3.78. The van der Waals surface area contributed by atoms with Gasteiger partial charge in [0.25, 0.3) is 10.0 Å².